The summed E-state index contributed by atoms with van der Waals surface area (Å²) in [5, 5.41) is 20.0. The molecule has 1 unspecified atom stereocenters. The Morgan fingerprint density at radius 3 is 2.40 bits per heavy atom. The lowest BCUT2D eigenvalue weighted by molar-refractivity contribution is -0.385. The number of hydrogen-bond acceptors (Lipinski definition) is 5. The molecule has 1 aromatic rings. The molecule has 1 N–H and O–H groups in total. The number of aromatic carboxylic acids is 1. The van der Waals surface area contributed by atoms with Gasteiger partial charge >= 0.3 is 5.97 Å². The quantitative estimate of drug-likeness (QED) is 0.661. The van der Waals surface area contributed by atoms with Crippen LogP contribution in [-0.4, -0.2) is 21.8 Å². The van der Waals surface area contributed by atoms with E-state index in [1.54, 1.807) is 6.92 Å². The zero-order valence-electron chi connectivity index (χ0n) is 11.6. The lowest BCUT2D eigenvalue weighted by Gasteiger charge is -2.35. The first-order valence-corrected chi connectivity index (χ1v) is 5.99. The number of fused-ring (bicyclic) bond motifs is 1. The third-order valence-corrected chi connectivity index (χ3v) is 3.44. The summed E-state index contributed by atoms with van der Waals surface area (Å²) in [4.78, 5) is 21.4. The first kappa shape index (κ1) is 14.1. The van der Waals surface area contributed by atoms with E-state index in [-0.39, 0.29) is 22.7 Å². The normalized spacial score (nSPS) is 20.8. The second-order valence-electron chi connectivity index (χ2n) is 5.78. The molecule has 1 aliphatic heterocycles. The number of hydrogen-bond donors (Lipinski definition) is 1. The van der Waals surface area contributed by atoms with E-state index in [4.69, 9.17) is 9.47 Å². The van der Waals surface area contributed by atoms with Crippen LogP contribution in [-0.2, 0) is 0 Å². The molecule has 108 valence electrons. The van der Waals surface area contributed by atoms with E-state index in [9.17, 15) is 20.0 Å². The van der Waals surface area contributed by atoms with Crippen LogP contribution >= 0.6 is 0 Å². The van der Waals surface area contributed by atoms with Gasteiger partial charge in [0, 0.05) is 18.4 Å². The van der Waals surface area contributed by atoms with Gasteiger partial charge in [0.05, 0.1) is 11.0 Å². The van der Waals surface area contributed by atoms with Crippen LogP contribution in [0.2, 0.25) is 0 Å². The Kier molecular flexibility index (Phi) is 2.89. The number of benzene rings is 1. The Hall–Kier alpha value is -2.31. The van der Waals surface area contributed by atoms with E-state index < -0.39 is 22.1 Å². The van der Waals surface area contributed by atoms with E-state index in [1.165, 1.54) is 6.07 Å². The summed E-state index contributed by atoms with van der Waals surface area (Å²) in [6.45, 7) is 7.28. The third-order valence-electron chi connectivity index (χ3n) is 3.44. The van der Waals surface area contributed by atoms with Crippen LogP contribution < -0.4 is 9.47 Å². The Morgan fingerprint density at radius 1 is 1.35 bits per heavy atom. The standard InChI is InChI=1S/C13H15NO6/c1-12(2,3)13(4)19-9-6-7(14(17)18)5-8(11(15)16)10(9)20-13/h5-6H,1-4H3,(H,15,16). The minimum Gasteiger partial charge on any atom is -0.478 e. The smallest absolute Gasteiger partial charge is 0.339 e. The van der Waals surface area contributed by atoms with Crippen LogP contribution in [0, 0.1) is 15.5 Å². The van der Waals surface area contributed by atoms with Crippen LogP contribution in [0.4, 0.5) is 5.69 Å². The van der Waals surface area contributed by atoms with Gasteiger partial charge in [-0.1, -0.05) is 20.8 Å². The molecule has 2 rings (SSSR count). The maximum Gasteiger partial charge on any atom is 0.339 e. The number of carboxylic acids is 1. The molecule has 0 saturated carbocycles. The molecule has 20 heavy (non-hydrogen) atoms. The minimum atomic E-state index is -1.30. The maximum absolute atomic E-state index is 11.2. The Morgan fingerprint density at radius 2 is 1.95 bits per heavy atom. The number of non-ortho nitro benzene ring substituents is 1. The van der Waals surface area contributed by atoms with Gasteiger partial charge in [-0.15, -0.1) is 0 Å². The second-order valence-corrected chi connectivity index (χ2v) is 5.78. The fourth-order valence-corrected chi connectivity index (χ4v) is 1.76. The fraction of sp³-hybridized carbons (Fsp3) is 0.462. The van der Waals surface area contributed by atoms with E-state index in [0.29, 0.717) is 0 Å². The summed E-state index contributed by atoms with van der Waals surface area (Å²) in [6.07, 6.45) is 0. The lowest BCUT2D eigenvalue weighted by Crippen LogP contribution is -2.47. The highest BCUT2D eigenvalue weighted by atomic mass is 16.7. The summed E-state index contributed by atoms with van der Waals surface area (Å²) in [6, 6.07) is 2.15. The number of nitrogens with zero attached hydrogens (tertiary/aromatic N) is 1. The monoisotopic (exact) mass is 281 g/mol. The minimum absolute atomic E-state index is 0.0283. The van der Waals surface area contributed by atoms with E-state index in [1.807, 2.05) is 20.8 Å². The van der Waals surface area contributed by atoms with E-state index in [0.717, 1.165) is 6.07 Å². The molecule has 1 aromatic carbocycles. The highest BCUT2D eigenvalue weighted by Crippen LogP contribution is 2.49. The molecule has 0 bridgehead atoms. The Balaban J connectivity index is 2.59. The summed E-state index contributed by atoms with van der Waals surface area (Å²) in [5.74, 6) is -2.28. The molecule has 7 heteroatoms. The van der Waals surface area contributed by atoms with Crippen LogP contribution in [0.25, 0.3) is 0 Å². The molecule has 1 atom stereocenters. The summed E-state index contributed by atoms with van der Waals surface area (Å²) >= 11 is 0. The van der Waals surface area contributed by atoms with Crippen molar-refractivity contribution < 1.29 is 24.3 Å². The van der Waals surface area contributed by atoms with Crippen molar-refractivity contribution in [2.45, 2.75) is 33.5 Å². The molecule has 0 saturated heterocycles. The van der Waals surface area contributed by atoms with Gasteiger partial charge in [0.2, 0.25) is 0 Å². The molecule has 1 heterocycles. The average molecular weight is 281 g/mol. The van der Waals surface area contributed by atoms with E-state index >= 15 is 0 Å². The number of carboxylic acid groups (broad SMARTS) is 1. The molecule has 0 aromatic heterocycles. The molecule has 7 nitrogen and oxygen atoms in total. The van der Waals surface area contributed by atoms with Crippen molar-refractivity contribution in [3.63, 3.8) is 0 Å². The zero-order chi connectivity index (χ0) is 15.3. The summed E-state index contributed by atoms with van der Waals surface area (Å²) < 4.78 is 11.3. The Bertz CT molecular complexity index is 604. The van der Waals surface area contributed by atoms with Gasteiger partial charge in [0.25, 0.3) is 11.5 Å². The van der Waals surface area contributed by atoms with Crippen molar-refractivity contribution >= 4 is 11.7 Å². The fourth-order valence-electron chi connectivity index (χ4n) is 1.76. The molecular weight excluding hydrogens is 266 g/mol. The van der Waals surface area contributed by atoms with Crippen molar-refractivity contribution in [3.05, 3.63) is 27.8 Å². The zero-order valence-corrected chi connectivity index (χ0v) is 11.6. The van der Waals surface area contributed by atoms with Gasteiger partial charge in [-0.2, -0.15) is 0 Å². The maximum atomic E-state index is 11.2. The number of nitro groups is 1. The molecule has 0 amide bonds. The van der Waals surface area contributed by atoms with Gasteiger partial charge in [-0.05, 0) is 0 Å². The number of ether oxygens (including phenoxy) is 2. The van der Waals surface area contributed by atoms with Crippen molar-refractivity contribution in [1.82, 2.24) is 0 Å². The third kappa shape index (κ3) is 2.04. The van der Waals surface area contributed by atoms with Crippen molar-refractivity contribution in [2.75, 3.05) is 0 Å². The highest BCUT2D eigenvalue weighted by Gasteiger charge is 2.49. The first-order valence-electron chi connectivity index (χ1n) is 5.99. The van der Waals surface area contributed by atoms with Gasteiger partial charge in [-0.25, -0.2) is 4.79 Å². The largest absolute Gasteiger partial charge is 0.478 e. The number of carbonyl (C=O) groups is 1. The average Bonchev–Trinajstić information content (AvgIpc) is 2.63. The SMILES string of the molecule is CC(C)(C)C1(C)Oc2cc([N+](=O)[O-])cc(C(=O)O)c2O1. The van der Waals surface area contributed by atoms with Gasteiger partial charge in [-0.3, -0.25) is 10.1 Å². The molecule has 0 radical (unpaired) electrons. The predicted molar refractivity (Wildman–Crippen MR) is 69.2 cm³/mol. The molecule has 0 fully saturated rings. The van der Waals surface area contributed by atoms with Crippen LogP contribution in [0.1, 0.15) is 38.1 Å². The predicted octanol–water partition coefficient (Wildman–Crippen LogP) is 2.83. The molecule has 0 spiro atoms. The van der Waals surface area contributed by atoms with Gasteiger partial charge in [0.1, 0.15) is 5.56 Å². The van der Waals surface area contributed by atoms with Crippen LogP contribution in [0.15, 0.2) is 12.1 Å². The molecule has 1 aliphatic rings. The lowest BCUT2D eigenvalue weighted by atomic mass is 9.87. The summed E-state index contributed by atoms with van der Waals surface area (Å²) in [5.41, 5.74) is -1.07. The second kappa shape index (κ2) is 4.09. The van der Waals surface area contributed by atoms with Gasteiger partial charge < -0.3 is 14.6 Å². The number of rotatable bonds is 2. The number of nitro benzene ring substituents is 1. The van der Waals surface area contributed by atoms with Crippen LogP contribution in [0.5, 0.6) is 11.5 Å². The summed E-state index contributed by atoms with van der Waals surface area (Å²) in [7, 11) is 0. The van der Waals surface area contributed by atoms with Crippen molar-refractivity contribution in [1.29, 1.82) is 0 Å². The van der Waals surface area contributed by atoms with Gasteiger partial charge in [0.15, 0.2) is 11.5 Å². The molecular formula is C13H15NO6. The molecule has 0 aliphatic carbocycles. The first-order chi connectivity index (χ1) is 9.05. The topological polar surface area (TPSA) is 98.9 Å². The van der Waals surface area contributed by atoms with Crippen LogP contribution in [0.3, 0.4) is 0 Å². The highest BCUT2D eigenvalue weighted by molar-refractivity contribution is 5.93. The Labute approximate surface area is 115 Å². The van der Waals surface area contributed by atoms with Crippen molar-refractivity contribution in [2.24, 2.45) is 5.41 Å². The van der Waals surface area contributed by atoms with E-state index in [2.05, 4.69) is 0 Å². The van der Waals surface area contributed by atoms with Crippen molar-refractivity contribution in [3.8, 4) is 11.5 Å².